The highest BCUT2D eigenvalue weighted by molar-refractivity contribution is 5.91. The Balaban J connectivity index is 1.65. The lowest BCUT2D eigenvalue weighted by Crippen LogP contribution is -2.64. The van der Waals surface area contributed by atoms with Gasteiger partial charge < -0.3 is 79.2 Å². The first-order valence-electron chi connectivity index (χ1n) is 13.5. The molecule has 0 aliphatic carbocycles. The molecule has 0 bridgehead atoms. The largest absolute Gasteiger partial charge is 0.504 e. The predicted molar refractivity (Wildman–Crippen MR) is 147 cm³/mol. The number of ether oxygens (including phenoxy) is 5. The molecule has 0 saturated carbocycles. The van der Waals surface area contributed by atoms with Crippen LogP contribution < -0.4 is 14.9 Å². The summed E-state index contributed by atoms with van der Waals surface area (Å²) in [4.78, 5) is 13.9. The van der Waals surface area contributed by atoms with Crippen LogP contribution in [0, 0.1) is 0 Å². The van der Waals surface area contributed by atoms with E-state index in [4.69, 9.17) is 28.1 Å². The van der Waals surface area contributed by atoms with Crippen molar-refractivity contribution in [1.82, 2.24) is 0 Å². The van der Waals surface area contributed by atoms with Crippen molar-refractivity contribution in [3.63, 3.8) is 0 Å². The summed E-state index contributed by atoms with van der Waals surface area (Å²) >= 11 is 0. The summed E-state index contributed by atoms with van der Waals surface area (Å²) < 4.78 is 33.5. The number of aliphatic hydroxyl groups is 6. The Morgan fingerprint density at radius 2 is 1.53 bits per heavy atom. The molecule has 0 spiro atoms. The van der Waals surface area contributed by atoms with E-state index in [9.17, 15) is 55.9 Å². The van der Waals surface area contributed by atoms with Crippen LogP contribution in [0.5, 0.6) is 34.5 Å². The number of phenolic OH excluding ortho intramolecular Hbond substituents is 4. The molecule has 3 aromatic rings. The summed E-state index contributed by atoms with van der Waals surface area (Å²) in [6, 6.07) is 4.40. The molecule has 5 rings (SSSR count). The third kappa shape index (κ3) is 5.69. The molecule has 10 N–H and O–H groups in total. The molecule has 17 nitrogen and oxygen atoms in total. The van der Waals surface area contributed by atoms with Crippen molar-refractivity contribution in [3.8, 4) is 45.8 Å². The van der Waals surface area contributed by atoms with E-state index in [1.165, 1.54) is 20.1 Å². The lowest BCUT2D eigenvalue weighted by atomic mass is 9.97. The Labute approximate surface area is 252 Å². The van der Waals surface area contributed by atoms with Gasteiger partial charge in [-0.3, -0.25) is 4.79 Å². The quantitative estimate of drug-likeness (QED) is 0.129. The predicted octanol–water partition coefficient (Wildman–Crippen LogP) is -1.68. The first-order chi connectivity index (χ1) is 21.3. The molecule has 246 valence electrons. The molecule has 45 heavy (non-hydrogen) atoms. The molecule has 3 heterocycles. The van der Waals surface area contributed by atoms with E-state index in [1.807, 2.05) is 0 Å². The number of phenols is 4. The van der Waals surface area contributed by atoms with Gasteiger partial charge in [0.25, 0.3) is 0 Å². The van der Waals surface area contributed by atoms with E-state index >= 15 is 0 Å². The summed E-state index contributed by atoms with van der Waals surface area (Å²) in [6.07, 6.45) is -16.9. The van der Waals surface area contributed by atoms with Gasteiger partial charge in [-0.1, -0.05) is 0 Å². The van der Waals surface area contributed by atoms with Crippen LogP contribution in [0.1, 0.15) is 6.92 Å². The Morgan fingerprint density at radius 3 is 2.18 bits per heavy atom. The fourth-order valence-electron chi connectivity index (χ4n) is 5.09. The number of hydrogen-bond donors (Lipinski definition) is 10. The maximum absolute atomic E-state index is 13.9. The molecule has 2 aliphatic rings. The van der Waals surface area contributed by atoms with Gasteiger partial charge in [-0.2, -0.15) is 0 Å². The topological polar surface area (TPSA) is 279 Å². The molecule has 17 heteroatoms. The third-order valence-electron chi connectivity index (χ3n) is 7.67. The van der Waals surface area contributed by atoms with Crippen LogP contribution in [0.2, 0.25) is 0 Å². The molecule has 10 atom stereocenters. The van der Waals surface area contributed by atoms with Crippen molar-refractivity contribution < 1.29 is 79.2 Å². The minimum atomic E-state index is -1.94. The highest BCUT2D eigenvalue weighted by atomic mass is 16.8. The highest BCUT2D eigenvalue weighted by Gasteiger charge is 2.51. The number of fused-ring (bicyclic) bond motifs is 1. The van der Waals surface area contributed by atoms with Gasteiger partial charge in [0.05, 0.1) is 19.8 Å². The second-order valence-electron chi connectivity index (χ2n) is 10.5. The molecule has 1 aromatic heterocycles. The number of benzene rings is 2. The van der Waals surface area contributed by atoms with Crippen molar-refractivity contribution in [2.24, 2.45) is 0 Å². The minimum absolute atomic E-state index is 0.0598. The van der Waals surface area contributed by atoms with Crippen LogP contribution in [0.15, 0.2) is 33.5 Å². The van der Waals surface area contributed by atoms with Gasteiger partial charge in [0.1, 0.15) is 47.6 Å². The van der Waals surface area contributed by atoms with Gasteiger partial charge in [0, 0.05) is 11.6 Å². The zero-order valence-electron chi connectivity index (χ0n) is 23.6. The fourth-order valence-corrected chi connectivity index (χ4v) is 5.09. The van der Waals surface area contributed by atoms with Crippen LogP contribution >= 0.6 is 0 Å². The number of hydrogen-bond acceptors (Lipinski definition) is 17. The first-order valence-corrected chi connectivity index (χ1v) is 13.5. The summed E-state index contributed by atoms with van der Waals surface area (Å²) in [6.45, 7) is 0.514. The Morgan fingerprint density at radius 1 is 0.822 bits per heavy atom. The lowest BCUT2D eigenvalue weighted by molar-refractivity contribution is -0.354. The van der Waals surface area contributed by atoms with E-state index in [0.29, 0.717) is 0 Å². The number of methoxy groups -OCH3 is 1. The molecule has 0 radical (unpaired) electrons. The van der Waals surface area contributed by atoms with Crippen molar-refractivity contribution in [3.05, 3.63) is 34.5 Å². The maximum atomic E-state index is 13.9. The Hall–Kier alpha value is -3.91. The fraction of sp³-hybridized carbons (Fsp3) is 0.464. The first kappa shape index (κ1) is 32.5. The van der Waals surface area contributed by atoms with Crippen LogP contribution in [0.3, 0.4) is 0 Å². The molecule has 0 amide bonds. The van der Waals surface area contributed by atoms with E-state index in [2.05, 4.69) is 0 Å². The highest BCUT2D eigenvalue weighted by Crippen LogP contribution is 2.44. The van der Waals surface area contributed by atoms with Gasteiger partial charge >= 0.3 is 0 Å². The second-order valence-corrected chi connectivity index (χ2v) is 10.5. The average molecular weight is 641 g/mol. The van der Waals surface area contributed by atoms with Crippen molar-refractivity contribution in [2.75, 3.05) is 13.7 Å². The molecule has 2 aromatic carbocycles. The Bertz CT molecular complexity index is 1610. The van der Waals surface area contributed by atoms with Crippen LogP contribution in [-0.4, -0.2) is 126 Å². The third-order valence-corrected chi connectivity index (χ3v) is 7.67. The molecule has 2 saturated heterocycles. The van der Waals surface area contributed by atoms with Gasteiger partial charge in [-0.15, -0.1) is 0 Å². The van der Waals surface area contributed by atoms with Gasteiger partial charge in [0.15, 0.2) is 41.2 Å². The summed E-state index contributed by atoms with van der Waals surface area (Å²) in [5.74, 6) is -4.38. The van der Waals surface area contributed by atoms with E-state index in [0.717, 1.165) is 18.2 Å². The smallest absolute Gasteiger partial charge is 0.239 e. The SMILES string of the molecule is COc1cc2oc(-c3ccc(O)c(O)c3)c(O[C@H]3O[C@@H](CO)[C@H](O)[C@@H](O)[C@@H]3O[C@H]3O[C@@H](C)[C@H](O)[C@@H](O)[C@@H]3O)c(=O)c2c(O)c1O. The molecular weight excluding hydrogens is 608 g/mol. The molecule has 0 unspecified atom stereocenters. The maximum Gasteiger partial charge on any atom is 0.239 e. The van der Waals surface area contributed by atoms with Crippen molar-refractivity contribution in [1.29, 1.82) is 0 Å². The van der Waals surface area contributed by atoms with E-state index in [1.54, 1.807) is 0 Å². The number of aliphatic hydroxyl groups excluding tert-OH is 6. The van der Waals surface area contributed by atoms with Gasteiger partial charge in [-0.25, -0.2) is 0 Å². The van der Waals surface area contributed by atoms with Gasteiger partial charge in [-0.05, 0) is 25.1 Å². The summed E-state index contributed by atoms with van der Waals surface area (Å²) in [7, 11) is 1.18. The normalized spacial score (nSPS) is 32.0. The molecule has 2 aliphatic heterocycles. The monoisotopic (exact) mass is 640 g/mol. The van der Waals surface area contributed by atoms with Gasteiger partial charge in [0.2, 0.25) is 23.2 Å². The van der Waals surface area contributed by atoms with Crippen molar-refractivity contribution in [2.45, 2.75) is 68.3 Å². The minimum Gasteiger partial charge on any atom is -0.504 e. The summed E-state index contributed by atoms with van der Waals surface area (Å²) in [5, 5.41) is 103. The van der Waals surface area contributed by atoms with Crippen molar-refractivity contribution >= 4 is 11.0 Å². The van der Waals surface area contributed by atoms with E-state index < -0.39 is 113 Å². The number of aromatic hydroxyl groups is 4. The molecular formula is C28H32O17. The zero-order valence-corrected chi connectivity index (χ0v) is 23.6. The molecule has 2 fully saturated rings. The summed E-state index contributed by atoms with van der Waals surface area (Å²) in [5.41, 5.74) is -1.50. The zero-order chi connectivity index (χ0) is 32.9. The lowest BCUT2D eigenvalue weighted by Gasteiger charge is -2.45. The standard InChI is InChI=1S/C28H32O17/c1-8-16(32)21(37)23(39)27(41-8)45-26-22(38)18(34)14(7-29)43-28(26)44-25-20(36)15-12(6-13(40-2)17(33)19(15)35)42-24(25)9-3-4-10(30)11(31)5-9/h3-6,8,14,16,18,21-23,26-35,37-39H,7H2,1-2H3/t8-,14-,16-,18-,21+,22+,23-,26-,27+,28+/m0/s1. The van der Waals surface area contributed by atoms with E-state index in [-0.39, 0.29) is 16.9 Å². The average Bonchev–Trinajstić information content (AvgIpc) is 3.02. The second kappa shape index (κ2) is 12.5. The number of rotatable bonds is 7. The Kier molecular flexibility index (Phi) is 9.00. The van der Waals surface area contributed by atoms with Crippen LogP contribution in [0.4, 0.5) is 0 Å². The van der Waals surface area contributed by atoms with Crippen LogP contribution in [0.25, 0.3) is 22.3 Å². The van der Waals surface area contributed by atoms with Crippen LogP contribution in [-0.2, 0) is 14.2 Å².